The summed E-state index contributed by atoms with van der Waals surface area (Å²) in [5.74, 6) is -0.192. The zero-order valence-electron chi connectivity index (χ0n) is 10.4. The molecule has 0 bridgehead atoms. The second kappa shape index (κ2) is 4.72. The van der Waals surface area contributed by atoms with Gasteiger partial charge in [-0.2, -0.15) is 0 Å². The first kappa shape index (κ1) is 13.1. The summed E-state index contributed by atoms with van der Waals surface area (Å²) in [5.41, 5.74) is -0.0739. The number of benzene rings is 1. The standard InChI is InChI=1S/C13H15BrN2O2/c1-13(2)12(18)16(8-7-11(17)15-13)10-6-4-3-5-9(10)14/h3-6H,7-8H2,1-2H3,(H,15,17). The predicted octanol–water partition coefficient (Wildman–Crippen LogP) is 2.08. The van der Waals surface area contributed by atoms with Crippen molar-refractivity contribution in [3.05, 3.63) is 28.7 Å². The molecule has 1 aliphatic heterocycles. The minimum atomic E-state index is -0.872. The highest BCUT2D eigenvalue weighted by atomic mass is 79.9. The number of carbonyl (C=O) groups is 2. The fraction of sp³-hybridized carbons (Fsp3) is 0.385. The van der Waals surface area contributed by atoms with Crippen LogP contribution in [0.3, 0.4) is 0 Å². The molecular weight excluding hydrogens is 296 g/mol. The van der Waals surface area contributed by atoms with E-state index in [0.717, 1.165) is 10.2 Å². The minimum absolute atomic E-state index is 0.0945. The second-order valence-electron chi connectivity index (χ2n) is 4.83. The van der Waals surface area contributed by atoms with E-state index in [9.17, 15) is 9.59 Å². The first-order valence-electron chi connectivity index (χ1n) is 5.79. The summed E-state index contributed by atoms with van der Waals surface area (Å²) in [7, 11) is 0. The maximum atomic E-state index is 12.5. The molecule has 0 aliphatic carbocycles. The first-order valence-corrected chi connectivity index (χ1v) is 6.58. The van der Waals surface area contributed by atoms with Crippen LogP contribution in [0.2, 0.25) is 0 Å². The van der Waals surface area contributed by atoms with Gasteiger partial charge in [0.25, 0.3) is 5.91 Å². The lowest BCUT2D eigenvalue weighted by atomic mass is 10.0. The number of para-hydroxylation sites is 1. The Kier molecular flexibility index (Phi) is 3.43. The van der Waals surface area contributed by atoms with Crippen LogP contribution < -0.4 is 10.2 Å². The summed E-state index contributed by atoms with van der Waals surface area (Å²) in [6, 6.07) is 7.52. The van der Waals surface area contributed by atoms with Crippen LogP contribution in [-0.2, 0) is 9.59 Å². The van der Waals surface area contributed by atoms with E-state index in [1.54, 1.807) is 18.7 Å². The van der Waals surface area contributed by atoms with Crippen LogP contribution in [0.4, 0.5) is 5.69 Å². The van der Waals surface area contributed by atoms with E-state index < -0.39 is 5.54 Å². The Bertz CT molecular complexity index is 500. The normalized spacial score (nSPS) is 19.4. The molecule has 0 spiro atoms. The van der Waals surface area contributed by atoms with Gasteiger partial charge in [0, 0.05) is 17.4 Å². The zero-order valence-corrected chi connectivity index (χ0v) is 12.0. The summed E-state index contributed by atoms with van der Waals surface area (Å²) in [4.78, 5) is 25.7. The number of hydrogen-bond donors (Lipinski definition) is 1. The molecule has 0 aromatic heterocycles. The molecule has 1 aromatic rings. The number of nitrogens with one attached hydrogen (secondary N) is 1. The molecule has 2 rings (SSSR count). The molecule has 5 heteroatoms. The van der Waals surface area contributed by atoms with Crippen molar-refractivity contribution in [3.8, 4) is 0 Å². The van der Waals surface area contributed by atoms with E-state index in [0.29, 0.717) is 13.0 Å². The van der Waals surface area contributed by atoms with Gasteiger partial charge in [0.15, 0.2) is 0 Å². The molecule has 1 fully saturated rings. The highest BCUT2D eigenvalue weighted by Crippen LogP contribution is 2.28. The van der Waals surface area contributed by atoms with Crippen molar-refractivity contribution < 1.29 is 9.59 Å². The van der Waals surface area contributed by atoms with Crippen LogP contribution in [0.15, 0.2) is 28.7 Å². The van der Waals surface area contributed by atoms with Gasteiger partial charge in [0.1, 0.15) is 5.54 Å². The van der Waals surface area contributed by atoms with Crippen molar-refractivity contribution in [2.24, 2.45) is 0 Å². The second-order valence-corrected chi connectivity index (χ2v) is 5.69. The molecule has 1 aliphatic rings. The number of nitrogens with zero attached hydrogens (tertiary/aromatic N) is 1. The maximum Gasteiger partial charge on any atom is 0.252 e. The fourth-order valence-corrected chi connectivity index (χ4v) is 2.52. The highest BCUT2D eigenvalue weighted by molar-refractivity contribution is 9.10. The number of halogens is 1. The van der Waals surface area contributed by atoms with Crippen LogP contribution >= 0.6 is 15.9 Å². The van der Waals surface area contributed by atoms with Gasteiger partial charge in [-0.15, -0.1) is 0 Å². The van der Waals surface area contributed by atoms with Gasteiger partial charge in [0.2, 0.25) is 5.91 Å². The number of anilines is 1. The average molecular weight is 311 g/mol. The van der Waals surface area contributed by atoms with E-state index in [1.165, 1.54) is 0 Å². The third-order valence-electron chi connectivity index (χ3n) is 2.94. The molecular formula is C13H15BrN2O2. The van der Waals surface area contributed by atoms with Gasteiger partial charge >= 0.3 is 0 Å². The van der Waals surface area contributed by atoms with Crippen LogP contribution in [0.5, 0.6) is 0 Å². The summed E-state index contributed by atoms with van der Waals surface area (Å²) in [6.45, 7) is 3.85. The topological polar surface area (TPSA) is 49.4 Å². The van der Waals surface area contributed by atoms with Crippen LogP contribution in [0.1, 0.15) is 20.3 Å². The Labute approximate surface area is 114 Å². The number of hydrogen-bond acceptors (Lipinski definition) is 2. The number of carbonyl (C=O) groups excluding carboxylic acids is 2. The number of rotatable bonds is 1. The van der Waals surface area contributed by atoms with Crippen molar-refractivity contribution in [1.82, 2.24) is 5.32 Å². The maximum absolute atomic E-state index is 12.5. The first-order chi connectivity index (χ1) is 8.42. The molecule has 1 heterocycles. The Morgan fingerprint density at radius 3 is 2.61 bits per heavy atom. The molecule has 2 amide bonds. The summed E-state index contributed by atoms with van der Waals surface area (Å²) < 4.78 is 0.850. The van der Waals surface area contributed by atoms with Gasteiger partial charge < -0.3 is 10.2 Å². The van der Waals surface area contributed by atoms with Crippen LogP contribution in [0.25, 0.3) is 0 Å². The van der Waals surface area contributed by atoms with Gasteiger partial charge in [-0.25, -0.2) is 0 Å². The van der Waals surface area contributed by atoms with Crippen molar-refractivity contribution >= 4 is 33.4 Å². The van der Waals surface area contributed by atoms with Crippen molar-refractivity contribution in [3.63, 3.8) is 0 Å². The monoisotopic (exact) mass is 310 g/mol. The Balaban J connectivity index is 2.41. The lowest BCUT2D eigenvalue weighted by molar-refractivity contribution is -0.128. The van der Waals surface area contributed by atoms with Gasteiger partial charge in [-0.3, -0.25) is 9.59 Å². The van der Waals surface area contributed by atoms with Gasteiger partial charge in [-0.1, -0.05) is 12.1 Å². The fourth-order valence-electron chi connectivity index (χ4n) is 2.02. The Hall–Kier alpha value is -1.36. The van der Waals surface area contributed by atoms with Crippen LogP contribution in [0, 0.1) is 0 Å². The Morgan fingerprint density at radius 1 is 1.28 bits per heavy atom. The molecule has 1 aromatic carbocycles. The van der Waals surface area contributed by atoms with Gasteiger partial charge in [0.05, 0.1) is 5.69 Å². The predicted molar refractivity (Wildman–Crippen MR) is 73.3 cm³/mol. The molecule has 0 radical (unpaired) electrons. The highest BCUT2D eigenvalue weighted by Gasteiger charge is 2.37. The molecule has 96 valence electrons. The lowest BCUT2D eigenvalue weighted by Gasteiger charge is -2.29. The van der Waals surface area contributed by atoms with E-state index in [4.69, 9.17) is 0 Å². The molecule has 4 nitrogen and oxygen atoms in total. The summed E-state index contributed by atoms with van der Waals surface area (Å²) in [6.07, 6.45) is 0.316. The summed E-state index contributed by atoms with van der Waals surface area (Å²) in [5, 5.41) is 2.74. The quantitative estimate of drug-likeness (QED) is 0.863. The summed E-state index contributed by atoms with van der Waals surface area (Å²) >= 11 is 3.44. The third kappa shape index (κ3) is 2.41. The molecule has 18 heavy (non-hydrogen) atoms. The average Bonchev–Trinajstić information content (AvgIpc) is 2.39. The van der Waals surface area contributed by atoms with E-state index in [-0.39, 0.29) is 11.8 Å². The van der Waals surface area contributed by atoms with E-state index in [2.05, 4.69) is 21.2 Å². The van der Waals surface area contributed by atoms with Crippen LogP contribution in [-0.4, -0.2) is 23.9 Å². The minimum Gasteiger partial charge on any atom is -0.342 e. The third-order valence-corrected chi connectivity index (χ3v) is 3.61. The zero-order chi connectivity index (χ0) is 13.3. The molecule has 0 atom stereocenters. The van der Waals surface area contributed by atoms with Crippen molar-refractivity contribution in [1.29, 1.82) is 0 Å². The largest absolute Gasteiger partial charge is 0.342 e. The smallest absolute Gasteiger partial charge is 0.252 e. The van der Waals surface area contributed by atoms with Crippen molar-refractivity contribution in [2.75, 3.05) is 11.4 Å². The Morgan fingerprint density at radius 2 is 1.94 bits per heavy atom. The van der Waals surface area contributed by atoms with Gasteiger partial charge in [-0.05, 0) is 41.9 Å². The lowest BCUT2D eigenvalue weighted by Crippen LogP contribution is -2.53. The van der Waals surface area contributed by atoms with Crippen molar-refractivity contribution in [2.45, 2.75) is 25.8 Å². The molecule has 0 unspecified atom stereocenters. The van der Waals surface area contributed by atoms with E-state index >= 15 is 0 Å². The number of amides is 2. The SMILES string of the molecule is CC1(C)NC(=O)CCN(c2ccccc2Br)C1=O. The molecule has 1 N–H and O–H groups in total. The molecule has 0 saturated carbocycles. The van der Waals surface area contributed by atoms with E-state index in [1.807, 2.05) is 24.3 Å². The molecule has 1 saturated heterocycles.